The molecule has 2 aromatic heterocycles. The van der Waals surface area contributed by atoms with Gasteiger partial charge in [0, 0.05) is 36.4 Å². The molecule has 1 aliphatic heterocycles. The molecule has 2 aromatic rings. The first-order valence-corrected chi connectivity index (χ1v) is 8.77. The molecule has 28 heavy (non-hydrogen) atoms. The largest absolute Gasteiger partial charge is 0.350 e. The van der Waals surface area contributed by atoms with Crippen LogP contribution >= 0.6 is 11.6 Å². The molecular weight excluding hydrogens is 392 g/mol. The van der Waals surface area contributed by atoms with Gasteiger partial charge in [-0.1, -0.05) is 11.6 Å². The normalized spacial score (nSPS) is 13.7. The third-order valence-electron chi connectivity index (χ3n) is 3.76. The van der Waals surface area contributed by atoms with E-state index in [0.29, 0.717) is 37.4 Å². The second-order valence-corrected chi connectivity index (χ2v) is 6.26. The first-order chi connectivity index (χ1) is 13.3. The Kier molecular flexibility index (Phi) is 7.73. The van der Waals surface area contributed by atoms with Crippen molar-refractivity contribution in [2.24, 2.45) is 0 Å². The molecule has 0 saturated carbocycles. The summed E-state index contributed by atoms with van der Waals surface area (Å²) in [6.45, 7) is 4.72. The summed E-state index contributed by atoms with van der Waals surface area (Å²) >= 11 is 5.47. The van der Waals surface area contributed by atoms with Gasteiger partial charge in [0.15, 0.2) is 6.29 Å². The van der Waals surface area contributed by atoms with Crippen LogP contribution in [0.15, 0.2) is 24.3 Å². The van der Waals surface area contributed by atoms with Crippen LogP contribution in [0.1, 0.15) is 23.5 Å². The molecule has 0 unspecified atom stereocenters. The minimum atomic E-state index is -0.561. The molecule has 0 aromatic carbocycles. The second kappa shape index (κ2) is 10.0. The SMILES string of the molecule is Cc1ccc([N+](=O)[O-])c(CCC2OCCO2)n1.Cc1ccc([N+](=O)[O-])c(Cl)n1. The molecule has 3 rings (SSSR count). The highest BCUT2D eigenvalue weighted by molar-refractivity contribution is 6.31. The summed E-state index contributed by atoms with van der Waals surface area (Å²) in [5.74, 6) is 0. The lowest BCUT2D eigenvalue weighted by molar-refractivity contribution is -0.386. The maximum Gasteiger partial charge on any atom is 0.306 e. The highest BCUT2D eigenvalue weighted by Gasteiger charge is 2.20. The van der Waals surface area contributed by atoms with Gasteiger partial charge in [-0.3, -0.25) is 25.2 Å². The van der Waals surface area contributed by atoms with Gasteiger partial charge >= 0.3 is 5.69 Å². The van der Waals surface area contributed by atoms with Crippen molar-refractivity contribution in [1.29, 1.82) is 0 Å². The van der Waals surface area contributed by atoms with E-state index in [4.69, 9.17) is 21.1 Å². The molecule has 3 heterocycles. The Hall–Kier alpha value is -2.69. The quantitative estimate of drug-likeness (QED) is 0.415. The molecule has 1 saturated heterocycles. The summed E-state index contributed by atoms with van der Waals surface area (Å²) in [4.78, 5) is 28.0. The third-order valence-corrected chi connectivity index (χ3v) is 4.04. The van der Waals surface area contributed by atoms with Crippen LogP contribution in [0.5, 0.6) is 0 Å². The minimum Gasteiger partial charge on any atom is -0.350 e. The van der Waals surface area contributed by atoms with Crippen LogP contribution in [0, 0.1) is 34.1 Å². The van der Waals surface area contributed by atoms with Gasteiger partial charge in [-0.15, -0.1) is 0 Å². The fraction of sp³-hybridized carbons (Fsp3) is 0.412. The molecule has 11 heteroatoms. The number of aryl methyl sites for hydroxylation is 3. The zero-order valence-corrected chi connectivity index (χ0v) is 16.1. The second-order valence-electron chi connectivity index (χ2n) is 5.91. The number of nitro groups is 2. The Balaban J connectivity index is 0.000000221. The smallest absolute Gasteiger partial charge is 0.306 e. The van der Waals surface area contributed by atoms with Crippen molar-refractivity contribution in [2.75, 3.05) is 13.2 Å². The van der Waals surface area contributed by atoms with E-state index in [-0.39, 0.29) is 22.8 Å². The Bertz CT molecular complexity index is 858. The summed E-state index contributed by atoms with van der Waals surface area (Å²) in [6, 6.07) is 6.02. The van der Waals surface area contributed by atoms with E-state index < -0.39 is 9.85 Å². The zero-order valence-electron chi connectivity index (χ0n) is 15.3. The highest BCUT2D eigenvalue weighted by atomic mass is 35.5. The maximum absolute atomic E-state index is 10.8. The zero-order chi connectivity index (χ0) is 20.7. The molecule has 0 atom stereocenters. The van der Waals surface area contributed by atoms with E-state index in [0.717, 1.165) is 5.69 Å². The summed E-state index contributed by atoms with van der Waals surface area (Å²) in [7, 11) is 0. The van der Waals surface area contributed by atoms with Gasteiger partial charge in [-0.25, -0.2) is 4.98 Å². The predicted molar refractivity (Wildman–Crippen MR) is 100 cm³/mol. The lowest BCUT2D eigenvalue weighted by Gasteiger charge is -2.08. The van der Waals surface area contributed by atoms with Crippen LogP contribution in [-0.2, 0) is 15.9 Å². The van der Waals surface area contributed by atoms with Crippen molar-refractivity contribution in [2.45, 2.75) is 33.0 Å². The summed E-state index contributed by atoms with van der Waals surface area (Å²) in [5, 5.41) is 21.0. The number of ether oxygens (including phenoxy) is 2. The van der Waals surface area contributed by atoms with Gasteiger partial charge in [-0.05, 0) is 26.0 Å². The summed E-state index contributed by atoms with van der Waals surface area (Å²) < 4.78 is 10.6. The average Bonchev–Trinajstić information content (AvgIpc) is 3.13. The molecule has 0 radical (unpaired) electrons. The molecule has 0 N–H and O–H groups in total. The van der Waals surface area contributed by atoms with E-state index in [1.807, 2.05) is 6.92 Å². The molecule has 0 amide bonds. The first-order valence-electron chi connectivity index (χ1n) is 8.39. The number of hydrogen-bond donors (Lipinski definition) is 0. The Morgan fingerprint density at radius 2 is 1.54 bits per heavy atom. The standard InChI is InChI=1S/C11H14N2O4.C6H5ClN2O2/c1-8-2-4-10(13(14)15)9(12-8)3-5-11-16-6-7-17-11;1-4-2-3-5(9(10)11)6(7)8-4/h2,4,11H,3,5-7H2,1H3;2-3H,1H3. The van der Waals surface area contributed by atoms with Gasteiger partial charge in [-0.2, -0.15) is 0 Å². The van der Waals surface area contributed by atoms with Gasteiger partial charge < -0.3 is 9.47 Å². The third kappa shape index (κ3) is 6.19. The molecule has 0 aliphatic carbocycles. The Morgan fingerprint density at radius 1 is 1.00 bits per heavy atom. The summed E-state index contributed by atoms with van der Waals surface area (Å²) in [5.41, 5.74) is 1.85. The van der Waals surface area contributed by atoms with Crippen molar-refractivity contribution in [3.63, 3.8) is 0 Å². The van der Waals surface area contributed by atoms with E-state index in [2.05, 4.69) is 9.97 Å². The van der Waals surface area contributed by atoms with Gasteiger partial charge in [0.05, 0.1) is 23.1 Å². The number of aromatic nitrogens is 2. The molecule has 1 aliphatic rings. The maximum atomic E-state index is 10.8. The van der Waals surface area contributed by atoms with Crippen LogP contribution in [0.2, 0.25) is 5.15 Å². The number of nitrogens with zero attached hydrogens (tertiary/aromatic N) is 4. The highest BCUT2D eigenvalue weighted by Crippen LogP contribution is 2.21. The lowest BCUT2D eigenvalue weighted by Crippen LogP contribution is -2.10. The van der Waals surface area contributed by atoms with Crippen LogP contribution < -0.4 is 0 Å². The molecule has 0 bridgehead atoms. The van der Waals surface area contributed by atoms with E-state index in [9.17, 15) is 20.2 Å². The van der Waals surface area contributed by atoms with Crippen LogP contribution in [0.25, 0.3) is 0 Å². The lowest BCUT2D eigenvalue weighted by atomic mass is 10.1. The van der Waals surface area contributed by atoms with Gasteiger partial charge in [0.2, 0.25) is 5.15 Å². The molecule has 1 fully saturated rings. The van der Waals surface area contributed by atoms with E-state index in [1.54, 1.807) is 19.1 Å². The number of rotatable bonds is 5. The first kappa shape index (κ1) is 21.6. The minimum absolute atomic E-state index is 0.0602. The van der Waals surface area contributed by atoms with Gasteiger partial charge in [0.1, 0.15) is 5.69 Å². The van der Waals surface area contributed by atoms with Crippen molar-refractivity contribution in [3.05, 3.63) is 66.7 Å². The van der Waals surface area contributed by atoms with Crippen LogP contribution in [0.4, 0.5) is 11.4 Å². The van der Waals surface area contributed by atoms with Crippen molar-refractivity contribution in [3.8, 4) is 0 Å². The monoisotopic (exact) mass is 410 g/mol. The van der Waals surface area contributed by atoms with E-state index >= 15 is 0 Å². The predicted octanol–water partition coefficient (Wildman–Crippen LogP) is 3.56. The number of halogens is 1. The number of pyridine rings is 2. The van der Waals surface area contributed by atoms with Crippen molar-refractivity contribution in [1.82, 2.24) is 9.97 Å². The Labute approximate surface area is 165 Å². The Morgan fingerprint density at radius 3 is 2.07 bits per heavy atom. The molecule has 10 nitrogen and oxygen atoms in total. The molecular formula is C17H19ClN4O6. The molecule has 0 spiro atoms. The van der Waals surface area contributed by atoms with Crippen LogP contribution in [-0.4, -0.2) is 39.3 Å². The fourth-order valence-electron chi connectivity index (χ4n) is 2.44. The molecule has 150 valence electrons. The fourth-order valence-corrected chi connectivity index (χ4v) is 2.70. The van der Waals surface area contributed by atoms with Crippen LogP contribution in [0.3, 0.4) is 0 Å². The number of hydrogen-bond acceptors (Lipinski definition) is 8. The van der Waals surface area contributed by atoms with Crippen molar-refractivity contribution < 1.29 is 19.3 Å². The van der Waals surface area contributed by atoms with Crippen molar-refractivity contribution >= 4 is 23.0 Å². The topological polar surface area (TPSA) is 131 Å². The van der Waals surface area contributed by atoms with Gasteiger partial charge in [0.25, 0.3) is 5.69 Å². The average molecular weight is 411 g/mol. The van der Waals surface area contributed by atoms with E-state index in [1.165, 1.54) is 12.1 Å². The summed E-state index contributed by atoms with van der Waals surface area (Å²) in [6.07, 6.45) is 0.830.